The van der Waals surface area contributed by atoms with Crippen molar-refractivity contribution in [2.45, 2.75) is 6.92 Å². The van der Waals surface area contributed by atoms with Crippen molar-refractivity contribution < 1.29 is 14.3 Å². The number of hydrazone groups is 1. The summed E-state index contributed by atoms with van der Waals surface area (Å²) in [5.41, 5.74) is 3.84. The van der Waals surface area contributed by atoms with Crippen LogP contribution in [0.1, 0.15) is 22.8 Å². The summed E-state index contributed by atoms with van der Waals surface area (Å²) in [4.78, 5) is 11.9. The minimum absolute atomic E-state index is 0.261. The molecule has 5 heteroatoms. The lowest BCUT2D eigenvalue weighted by atomic mass is 10.2. The molecule has 0 aliphatic heterocycles. The van der Waals surface area contributed by atoms with E-state index in [-0.39, 0.29) is 5.91 Å². The first-order valence-corrected chi connectivity index (χ1v) is 7.63. The summed E-state index contributed by atoms with van der Waals surface area (Å²) >= 11 is 0. The van der Waals surface area contributed by atoms with Crippen molar-refractivity contribution in [3.05, 3.63) is 72.3 Å². The average Bonchev–Trinajstić information content (AvgIpc) is 2.62. The molecule has 0 bridgehead atoms. The first-order valence-electron chi connectivity index (χ1n) is 7.63. The Balaban J connectivity index is 2.04. The van der Waals surface area contributed by atoms with E-state index < -0.39 is 0 Å². The fourth-order valence-corrected chi connectivity index (χ4v) is 1.96. The second kappa shape index (κ2) is 9.15. The van der Waals surface area contributed by atoms with Crippen molar-refractivity contribution in [3.63, 3.8) is 0 Å². The average molecular weight is 324 g/mol. The molecule has 0 spiro atoms. The molecule has 0 aliphatic rings. The van der Waals surface area contributed by atoms with Gasteiger partial charge in [-0.25, -0.2) is 5.43 Å². The molecule has 0 fully saturated rings. The molecule has 0 unspecified atom stereocenters. The van der Waals surface area contributed by atoms with Crippen LogP contribution in [0.3, 0.4) is 0 Å². The SMILES string of the molecule is C=CCOc1ccc(/C=N\NC(=O)c2ccccc2)cc1OCC. The van der Waals surface area contributed by atoms with Gasteiger partial charge in [0.1, 0.15) is 6.61 Å². The van der Waals surface area contributed by atoms with E-state index in [1.54, 1.807) is 48.7 Å². The number of nitrogens with one attached hydrogen (secondary N) is 1. The number of amides is 1. The lowest BCUT2D eigenvalue weighted by Crippen LogP contribution is -2.17. The Labute approximate surface area is 141 Å². The van der Waals surface area contributed by atoms with Gasteiger partial charge < -0.3 is 9.47 Å². The second-order valence-electron chi connectivity index (χ2n) is 4.80. The van der Waals surface area contributed by atoms with Crippen LogP contribution < -0.4 is 14.9 Å². The molecule has 0 saturated heterocycles. The van der Waals surface area contributed by atoms with E-state index >= 15 is 0 Å². The normalized spacial score (nSPS) is 10.4. The van der Waals surface area contributed by atoms with Gasteiger partial charge >= 0.3 is 0 Å². The predicted molar refractivity (Wildman–Crippen MR) is 94.8 cm³/mol. The third-order valence-electron chi connectivity index (χ3n) is 3.04. The van der Waals surface area contributed by atoms with Crippen LogP contribution in [0.4, 0.5) is 0 Å². The lowest BCUT2D eigenvalue weighted by Gasteiger charge is -2.11. The van der Waals surface area contributed by atoms with E-state index in [2.05, 4.69) is 17.1 Å². The summed E-state index contributed by atoms with van der Waals surface area (Å²) in [6.45, 7) is 6.45. The fourth-order valence-electron chi connectivity index (χ4n) is 1.96. The minimum Gasteiger partial charge on any atom is -0.490 e. The van der Waals surface area contributed by atoms with Gasteiger partial charge in [-0.2, -0.15) is 5.10 Å². The molecular formula is C19H20N2O3. The maximum absolute atomic E-state index is 11.9. The number of carbonyl (C=O) groups is 1. The Morgan fingerprint density at radius 3 is 2.67 bits per heavy atom. The van der Waals surface area contributed by atoms with Crippen LogP contribution in [0.2, 0.25) is 0 Å². The van der Waals surface area contributed by atoms with Crippen molar-refractivity contribution in [1.29, 1.82) is 0 Å². The molecule has 0 aliphatic carbocycles. The van der Waals surface area contributed by atoms with Crippen LogP contribution in [-0.4, -0.2) is 25.3 Å². The Kier molecular flexibility index (Phi) is 6.58. The van der Waals surface area contributed by atoms with E-state index in [9.17, 15) is 4.79 Å². The smallest absolute Gasteiger partial charge is 0.271 e. The number of hydrogen-bond donors (Lipinski definition) is 1. The van der Waals surface area contributed by atoms with Crippen molar-refractivity contribution >= 4 is 12.1 Å². The van der Waals surface area contributed by atoms with Crippen molar-refractivity contribution in [2.75, 3.05) is 13.2 Å². The Hall–Kier alpha value is -3.08. The summed E-state index contributed by atoms with van der Waals surface area (Å²) in [7, 11) is 0. The van der Waals surface area contributed by atoms with E-state index in [1.807, 2.05) is 19.1 Å². The summed E-state index contributed by atoms with van der Waals surface area (Å²) in [5.74, 6) is 1.00. The zero-order valence-corrected chi connectivity index (χ0v) is 13.6. The number of carbonyl (C=O) groups excluding carboxylic acids is 1. The molecule has 0 heterocycles. The van der Waals surface area contributed by atoms with Gasteiger partial charge in [-0.1, -0.05) is 30.9 Å². The molecule has 2 rings (SSSR count). The highest BCUT2D eigenvalue weighted by Gasteiger charge is 2.06. The van der Waals surface area contributed by atoms with Gasteiger partial charge in [-0.3, -0.25) is 4.79 Å². The first-order chi connectivity index (χ1) is 11.7. The molecule has 0 radical (unpaired) electrons. The number of nitrogens with zero attached hydrogens (tertiary/aromatic N) is 1. The van der Waals surface area contributed by atoms with Crippen LogP contribution in [0, 0.1) is 0 Å². The summed E-state index contributed by atoms with van der Waals surface area (Å²) < 4.78 is 11.1. The van der Waals surface area contributed by atoms with Crippen molar-refractivity contribution in [3.8, 4) is 11.5 Å². The maximum Gasteiger partial charge on any atom is 0.271 e. The Morgan fingerprint density at radius 2 is 1.96 bits per heavy atom. The van der Waals surface area contributed by atoms with Crippen LogP contribution in [0.5, 0.6) is 11.5 Å². The zero-order chi connectivity index (χ0) is 17.2. The van der Waals surface area contributed by atoms with Gasteiger partial charge in [0.05, 0.1) is 12.8 Å². The van der Waals surface area contributed by atoms with Gasteiger partial charge in [-0.05, 0) is 42.8 Å². The molecule has 1 amide bonds. The van der Waals surface area contributed by atoms with E-state index in [0.29, 0.717) is 30.3 Å². The second-order valence-corrected chi connectivity index (χ2v) is 4.80. The maximum atomic E-state index is 11.9. The first kappa shape index (κ1) is 17.3. The topological polar surface area (TPSA) is 59.9 Å². The van der Waals surface area contributed by atoms with Gasteiger partial charge in [-0.15, -0.1) is 0 Å². The number of rotatable bonds is 8. The van der Waals surface area contributed by atoms with Gasteiger partial charge in [0.25, 0.3) is 5.91 Å². The minimum atomic E-state index is -0.261. The van der Waals surface area contributed by atoms with E-state index in [0.717, 1.165) is 5.56 Å². The van der Waals surface area contributed by atoms with Crippen LogP contribution in [0.25, 0.3) is 0 Å². The highest BCUT2D eigenvalue weighted by atomic mass is 16.5. The fraction of sp³-hybridized carbons (Fsp3) is 0.158. The Morgan fingerprint density at radius 1 is 1.17 bits per heavy atom. The highest BCUT2D eigenvalue weighted by Crippen LogP contribution is 2.28. The quantitative estimate of drug-likeness (QED) is 0.460. The standard InChI is InChI=1S/C19H20N2O3/c1-3-12-24-17-11-10-15(13-18(17)23-4-2)14-20-21-19(22)16-8-6-5-7-9-16/h3,5-11,13-14H,1,4,12H2,2H3,(H,21,22)/b20-14-. The third kappa shape index (κ3) is 4.98. The molecule has 0 atom stereocenters. The molecule has 124 valence electrons. The molecular weight excluding hydrogens is 304 g/mol. The summed E-state index contributed by atoms with van der Waals surface area (Å²) in [5, 5.41) is 3.97. The highest BCUT2D eigenvalue weighted by molar-refractivity contribution is 5.94. The monoisotopic (exact) mass is 324 g/mol. The lowest BCUT2D eigenvalue weighted by molar-refractivity contribution is 0.0955. The third-order valence-corrected chi connectivity index (χ3v) is 3.04. The molecule has 1 N–H and O–H groups in total. The summed E-state index contributed by atoms with van der Waals surface area (Å²) in [6.07, 6.45) is 3.23. The van der Waals surface area contributed by atoms with E-state index in [4.69, 9.17) is 9.47 Å². The van der Waals surface area contributed by atoms with Crippen LogP contribution >= 0.6 is 0 Å². The summed E-state index contributed by atoms with van der Waals surface area (Å²) in [6, 6.07) is 14.3. The number of hydrogen-bond acceptors (Lipinski definition) is 4. The molecule has 2 aromatic carbocycles. The van der Waals surface area contributed by atoms with Crippen molar-refractivity contribution in [2.24, 2.45) is 5.10 Å². The van der Waals surface area contributed by atoms with Crippen LogP contribution in [-0.2, 0) is 0 Å². The largest absolute Gasteiger partial charge is 0.490 e. The Bertz CT molecular complexity index is 712. The molecule has 0 aromatic heterocycles. The van der Waals surface area contributed by atoms with Gasteiger partial charge in [0, 0.05) is 5.56 Å². The molecule has 0 saturated carbocycles. The number of ether oxygens (including phenoxy) is 2. The number of benzene rings is 2. The van der Waals surface area contributed by atoms with Gasteiger partial charge in [0.2, 0.25) is 0 Å². The van der Waals surface area contributed by atoms with E-state index in [1.165, 1.54) is 0 Å². The van der Waals surface area contributed by atoms with Gasteiger partial charge in [0.15, 0.2) is 11.5 Å². The predicted octanol–water partition coefficient (Wildman–Crippen LogP) is 3.41. The molecule has 5 nitrogen and oxygen atoms in total. The molecule has 2 aromatic rings. The zero-order valence-electron chi connectivity index (χ0n) is 13.6. The molecule has 24 heavy (non-hydrogen) atoms. The van der Waals surface area contributed by atoms with Crippen molar-refractivity contribution in [1.82, 2.24) is 5.43 Å². The van der Waals surface area contributed by atoms with Crippen LogP contribution in [0.15, 0.2) is 66.3 Å².